The molecule has 6 nitrogen and oxygen atoms in total. The maximum atomic E-state index is 13.4. The van der Waals surface area contributed by atoms with E-state index in [1.54, 1.807) is 23.1 Å². The minimum atomic E-state index is -0.428. The molecule has 1 fully saturated rings. The van der Waals surface area contributed by atoms with Gasteiger partial charge in [-0.25, -0.2) is 4.39 Å². The van der Waals surface area contributed by atoms with Crippen molar-refractivity contribution in [3.05, 3.63) is 76.0 Å². The summed E-state index contributed by atoms with van der Waals surface area (Å²) in [6.45, 7) is 1.09. The summed E-state index contributed by atoms with van der Waals surface area (Å²) in [5, 5.41) is 12.0. The summed E-state index contributed by atoms with van der Waals surface area (Å²) in [5.41, 5.74) is 1.03. The molecule has 0 saturated carbocycles. The fraction of sp³-hybridized carbons (Fsp3) is 0.238. The van der Waals surface area contributed by atoms with E-state index in [0.29, 0.717) is 24.3 Å². The van der Waals surface area contributed by atoms with E-state index >= 15 is 0 Å². The molecule has 3 aromatic rings. The van der Waals surface area contributed by atoms with Gasteiger partial charge >= 0.3 is 0 Å². The molecular formula is C21H19FN4O2S. The Morgan fingerprint density at radius 1 is 1.10 bits per heavy atom. The first-order valence-corrected chi connectivity index (χ1v) is 10.2. The molecule has 1 aliphatic rings. The van der Waals surface area contributed by atoms with E-state index in [0.717, 1.165) is 17.8 Å². The van der Waals surface area contributed by atoms with Crippen molar-refractivity contribution in [1.82, 2.24) is 15.1 Å². The van der Waals surface area contributed by atoms with Crippen molar-refractivity contribution in [3.8, 4) is 0 Å². The van der Waals surface area contributed by atoms with E-state index in [1.165, 1.54) is 29.5 Å². The van der Waals surface area contributed by atoms with Crippen LogP contribution in [0.5, 0.6) is 0 Å². The smallest absolute Gasteiger partial charge is 0.286 e. The van der Waals surface area contributed by atoms with Gasteiger partial charge in [0.05, 0.1) is 0 Å². The number of carbonyl (C=O) groups is 2. The molecule has 0 unspecified atom stereocenters. The number of aromatic nitrogens is 2. The molecule has 29 heavy (non-hydrogen) atoms. The highest BCUT2D eigenvalue weighted by atomic mass is 32.1. The van der Waals surface area contributed by atoms with Crippen LogP contribution >= 0.6 is 11.3 Å². The Hall–Kier alpha value is -3.13. The van der Waals surface area contributed by atoms with Crippen LogP contribution in [0.1, 0.15) is 43.9 Å². The standard InChI is InChI=1S/C21H19FN4O2S/c22-16-8-4-6-14(12-16)21(28)26-11-5-7-15(13-26)19-24-25-20(29-19)18(27)23-17-9-2-1-3-10-17/h1-4,6,8-10,12,15H,5,7,11,13H2,(H,23,27)/t15-/m1/s1. The van der Waals surface area contributed by atoms with Gasteiger partial charge in [0.15, 0.2) is 0 Å². The average molecular weight is 410 g/mol. The summed E-state index contributed by atoms with van der Waals surface area (Å²) < 4.78 is 13.4. The maximum absolute atomic E-state index is 13.4. The third kappa shape index (κ3) is 4.48. The number of halogens is 1. The molecule has 1 saturated heterocycles. The van der Waals surface area contributed by atoms with Crippen molar-refractivity contribution in [2.75, 3.05) is 18.4 Å². The summed E-state index contributed by atoms with van der Waals surface area (Å²) in [6, 6.07) is 14.9. The lowest BCUT2D eigenvalue weighted by Crippen LogP contribution is -2.39. The Morgan fingerprint density at radius 2 is 1.93 bits per heavy atom. The number of hydrogen-bond acceptors (Lipinski definition) is 5. The Balaban J connectivity index is 1.44. The van der Waals surface area contributed by atoms with Gasteiger partial charge in [0.2, 0.25) is 5.01 Å². The summed E-state index contributed by atoms with van der Waals surface area (Å²) >= 11 is 1.25. The van der Waals surface area contributed by atoms with Crippen molar-refractivity contribution in [2.24, 2.45) is 0 Å². The molecule has 1 aliphatic heterocycles. The molecule has 0 bridgehead atoms. The van der Waals surface area contributed by atoms with Crippen LogP contribution in [0, 0.1) is 5.82 Å². The van der Waals surface area contributed by atoms with E-state index in [1.807, 2.05) is 18.2 Å². The molecule has 0 aliphatic carbocycles. The Bertz CT molecular complexity index is 1020. The Labute approximate surface area is 171 Å². The second-order valence-corrected chi connectivity index (χ2v) is 7.88. The maximum Gasteiger partial charge on any atom is 0.286 e. The third-order valence-corrected chi connectivity index (χ3v) is 5.88. The second-order valence-electron chi connectivity index (χ2n) is 6.87. The number of hydrogen-bond donors (Lipinski definition) is 1. The number of benzene rings is 2. The largest absolute Gasteiger partial charge is 0.338 e. The molecule has 2 amide bonds. The molecule has 1 aromatic heterocycles. The highest BCUT2D eigenvalue weighted by Crippen LogP contribution is 2.30. The van der Waals surface area contributed by atoms with Gasteiger partial charge in [0, 0.05) is 30.3 Å². The molecule has 4 rings (SSSR count). The summed E-state index contributed by atoms with van der Waals surface area (Å²) in [7, 11) is 0. The fourth-order valence-corrected chi connectivity index (χ4v) is 4.23. The van der Waals surface area contributed by atoms with E-state index in [-0.39, 0.29) is 22.7 Å². The second kappa shape index (κ2) is 8.48. The van der Waals surface area contributed by atoms with Crippen LogP contribution in [0.15, 0.2) is 54.6 Å². The lowest BCUT2D eigenvalue weighted by molar-refractivity contribution is 0.0706. The number of nitrogens with zero attached hydrogens (tertiary/aromatic N) is 3. The molecular weight excluding hydrogens is 391 g/mol. The number of rotatable bonds is 4. The van der Waals surface area contributed by atoms with E-state index in [4.69, 9.17) is 0 Å². The van der Waals surface area contributed by atoms with Gasteiger partial charge in [-0.15, -0.1) is 10.2 Å². The van der Waals surface area contributed by atoms with Gasteiger partial charge in [-0.05, 0) is 43.2 Å². The normalized spacial score (nSPS) is 16.4. The van der Waals surface area contributed by atoms with Gasteiger partial charge in [-0.1, -0.05) is 35.6 Å². The van der Waals surface area contributed by atoms with E-state index in [9.17, 15) is 14.0 Å². The first kappa shape index (κ1) is 19.2. The van der Waals surface area contributed by atoms with Gasteiger partial charge < -0.3 is 10.2 Å². The molecule has 2 aromatic carbocycles. The van der Waals surface area contributed by atoms with Crippen LogP contribution in [-0.2, 0) is 0 Å². The molecule has 1 atom stereocenters. The van der Waals surface area contributed by atoms with Gasteiger partial charge in [-0.2, -0.15) is 0 Å². The Kier molecular flexibility index (Phi) is 5.62. The number of amides is 2. The SMILES string of the molecule is O=C(Nc1ccccc1)c1nnc([C@@H]2CCCN(C(=O)c3cccc(F)c3)C2)s1. The first-order valence-electron chi connectivity index (χ1n) is 9.35. The van der Waals surface area contributed by atoms with E-state index < -0.39 is 5.82 Å². The number of likely N-dealkylation sites (tertiary alicyclic amines) is 1. The van der Waals surface area contributed by atoms with Gasteiger partial charge in [-0.3, -0.25) is 9.59 Å². The van der Waals surface area contributed by atoms with Crippen molar-refractivity contribution >= 4 is 28.8 Å². The van der Waals surface area contributed by atoms with Crippen molar-refractivity contribution in [2.45, 2.75) is 18.8 Å². The summed E-state index contributed by atoms with van der Waals surface area (Å²) in [6.07, 6.45) is 1.68. The van der Waals surface area contributed by atoms with Crippen molar-refractivity contribution < 1.29 is 14.0 Å². The van der Waals surface area contributed by atoms with Crippen LogP contribution in [-0.4, -0.2) is 40.0 Å². The van der Waals surface area contributed by atoms with Crippen molar-refractivity contribution in [1.29, 1.82) is 0 Å². The first-order chi connectivity index (χ1) is 14.1. The molecule has 0 spiro atoms. The van der Waals surface area contributed by atoms with Crippen LogP contribution in [0.3, 0.4) is 0 Å². The lowest BCUT2D eigenvalue weighted by Gasteiger charge is -2.31. The van der Waals surface area contributed by atoms with Crippen LogP contribution in [0.4, 0.5) is 10.1 Å². The molecule has 1 N–H and O–H groups in total. The molecule has 2 heterocycles. The zero-order chi connectivity index (χ0) is 20.2. The van der Waals surface area contributed by atoms with Gasteiger partial charge in [0.1, 0.15) is 10.8 Å². The highest BCUT2D eigenvalue weighted by molar-refractivity contribution is 7.13. The number of anilines is 1. The van der Waals surface area contributed by atoms with Crippen molar-refractivity contribution in [3.63, 3.8) is 0 Å². The van der Waals surface area contributed by atoms with Crippen LogP contribution < -0.4 is 5.32 Å². The highest BCUT2D eigenvalue weighted by Gasteiger charge is 2.28. The van der Waals surface area contributed by atoms with Gasteiger partial charge in [0.25, 0.3) is 11.8 Å². The Morgan fingerprint density at radius 3 is 2.72 bits per heavy atom. The summed E-state index contributed by atoms with van der Waals surface area (Å²) in [4.78, 5) is 26.8. The predicted octanol–water partition coefficient (Wildman–Crippen LogP) is 3.95. The number of carbonyl (C=O) groups excluding carboxylic acids is 2. The topological polar surface area (TPSA) is 75.2 Å². The lowest BCUT2D eigenvalue weighted by atomic mass is 9.98. The predicted molar refractivity (Wildman–Crippen MR) is 109 cm³/mol. The minimum absolute atomic E-state index is 0.0111. The number of nitrogens with one attached hydrogen (secondary N) is 1. The zero-order valence-corrected chi connectivity index (χ0v) is 16.4. The fourth-order valence-electron chi connectivity index (χ4n) is 3.36. The molecule has 8 heteroatoms. The van der Waals surface area contributed by atoms with Crippen LogP contribution in [0.2, 0.25) is 0 Å². The van der Waals surface area contributed by atoms with Crippen LogP contribution in [0.25, 0.3) is 0 Å². The summed E-state index contributed by atoms with van der Waals surface area (Å²) in [5.74, 6) is -0.913. The number of para-hydroxylation sites is 1. The van der Waals surface area contributed by atoms with E-state index in [2.05, 4.69) is 15.5 Å². The molecule has 148 valence electrons. The third-order valence-electron chi connectivity index (χ3n) is 4.80. The minimum Gasteiger partial charge on any atom is -0.338 e. The molecule has 0 radical (unpaired) electrons. The zero-order valence-electron chi connectivity index (χ0n) is 15.5. The number of piperidine rings is 1. The average Bonchev–Trinajstić information content (AvgIpc) is 3.25. The quantitative estimate of drug-likeness (QED) is 0.707. The monoisotopic (exact) mass is 410 g/mol.